The van der Waals surface area contributed by atoms with Gasteiger partial charge >= 0.3 is 0 Å². The Bertz CT molecular complexity index is 484. The van der Waals surface area contributed by atoms with Crippen molar-refractivity contribution >= 4 is 0 Å². The standard InChI is InChI=1S/C15H26N4O2/c1-11-14(15(20-3)18(2)17-11)9-16-8-13-10-19(6-7-21-13)12-4-5-12/h12-13,16H,4-10H2,1-3H3/t13-/m0/s1. The van der Waals surface area contributed by atoms with Gasteiger partial charge in [-0.15, -0.1) is 0 Å². The molecule has 1 aliphatic carbocycles. The molecule has 1 N–H and O–H groups in total. The SMILES string of the molecule is COc1c(CNC[C@H]2CN(C3CC3)CCO2)c(C)nn1C. The minimum atomic E-state index is 0.294. The quantitative estimate of drug-likeness (QED) is 0.836. The Labute approximate surface area is 126 Å². The third kappa shape index (κ3) is 3.39. The van der Waals surface area contributed by atoms with E-state index in [9.17, 15) is 0 Å². The van der Waals surface area contributed by atoms with E-state index in [1.807, 2.05) is 14.0 Å². The highest BCUT2D eigenvalue weighted by Crippen LogP contribution is 2.28. The fourth-order valence-electron chi connectivity index (χ4n) is 3.13. The van der Waals surface area contributed by atoms with E-state index < -0.39 is 0 Å². The molecule has 1 atom stereocenters. The van der Waals surface area contributed by atoms with Crippen LogP contribution in [-0.2, 0) is 18.3 Å². The summed E-state index contributed by atoms with van der Waals surface area (Å²) in [6, 6.07) is 0.831. The first kappa shape index (κ1) is 14.8. The second kappa shape index (κ2) is 6.34. The Morgan fingerprint density at radius 2 is 2.24 bits per heavy atom. The van der Waals surface area contributed by atoms with Gasteiger partial charge in [0.05, 0.1) is 31.1 Å². The molecular formula is C15H26N4O2. The lowest BCUT2D eigenvalue weighted by Gasteiger charge is -2.33. The number of methoxy groups -OCH3 is 1. The maximum absolute atomic E-state index is 5.86. The van der Waals surface area contributed by atoms with Crippen LogP contribution in [0.1, 0.15) is 24.1 Å². The van der Waals surface area contributed by atoms with Crippen LogP contribution in [0, 0.1) is 6.92 Å². The largest absolute Gasteiger partial charge is 0.481 e. The molecule has 118 valence electrons. The summed E-state index contributed by atoms with van der Waals surface area (Å²) in [7, 11) is 3.60. The van der Waals surface area contributed by atoms with Crippen LogP contribution in [0.25, 0.3) is 0 Å². The molecule has 0 radical (unpaired) electrons. The smallest absolute Gasteiger partial charge is 0.216 e. The predicted molar refractivity (Wildman–Crippen MR) is 80.5 cm³/mol. The van der Waals surface area contributed by atoms with Gasteiger partial charge in [-0.25, -0.2) is 4.68 Å². The van der Waals surface area contributed by atoms with Crippen LogP contribution in [0.15, 0.2) is 0 Å². The predicted octanol–water partition coefficient (Wildman–Crippen LogP) is 0.690. The zero-order valence-electron chi connectivity index (χ0n) is 13.3. The van der Waals surface area contributed by atoms with Crippen LogP contribution in [-0.4, -0.2) is 60.2 Å². The minimum Gasteiger partial charge on any atom is -0.481 e. The highest BCUT2D eigenvalue weighted by atomic mass is 16.5. The van der Waals surface area contributed by atoms with Crippen LogP contribution in [0.5, 0.6) is 5.88 Å². The van der Waals surface area contributed by atoms with Crippen molar-refractivity contribution in [3.05, 3.63) is 11.3 Å². The molecule has 0 amide bonds. The van der Waals surface area contributed by atoms with E-state index in [2.05, 4.69) is 15.3 Å². The molecule has 1 aromatic heterocycles. The number of hydrogen-bond acceptors (Lipinski definition) is 5. The lowest BCUT2D eigenvalue weighted by Crippen LogP contribution is -2.47. The number of nitrogens with one attached hydrogen (secondary N) is 1. The Kier molecular flexibility index (Phi) is 4.47. The molecule has 6 heteroatoms. The van der Waals surface area contributed by atoms with Crippen molar-refractivity contribution in [2.24, 2.45) is 7.05 Å². The molecule has 6 nitrogen and oxygen atoms in total. The molecule has 21 heavy (non-hydrogen) atoms. The highest BCUT2D eigenvalue weighted by molar-refractivity contribution is 5.30. The van der Waals surface area contributed by atoms with Crippen molar-refractivity contribution in [1.82, 2.24) is 20.0 Å². The lowest BCUT2D eigenvalue weighted by molar-refractivity contribution is -0.0301. The summed E-state index contributed by atoms with van der Waals surface area (Å²) in [5, 5.41) is 7.90. The van der Waals surface area contributed by atoms with Crippen LogP contribution < -0.4 is 10.1 Å². The van der Waals surface area contributed by atoms with Gasteiger partial charge in [-0.1, -0.05) is 0 Å². The zero-order valence-corrected chi connectivity index (χ0v) is 13.3. The molecule has 2 aliphatic rings. The van der Waals surface area contributed by atoms with Crippen LogP contribution >= 0.6 is 0 Å². The van der Waals surface area contributed by atoms with Gasteiger partial charge in [0.25, 0.3) is 0 Å². The maximum Gasteiger partial charge on any atom is 0.216 e. The van der Waals surface area contributed by atoms with Crippen molar-refractivity contribution in [3.8, 4) is 5.88 Å². The van der Waals surface area contributed by atoms with E-state index in [0.717, 1.165) is 56.0 Å². The van der Waals surface area contributed by atoms with Gasteiger partial charge in [-0.3, -0.25) is 4.90 Å². The summed E-state index contributed by atoms with van der Waals surface area (Å²) >= 11 is 0. The summed E-state index contributed by atoms with van der Waals surface area (Å²) < 4.78 is 13.1. The topological polar surface area (TPSA) is 51.6 Å². The van der Waals surface area contributed by atoms with Gasteiger partial charge in [0.1, 0.15) is 0 Å². The van der Waals surface area contributed by atoms with Crippen molar-refractivity contribution in [2.45, 2.75) is 38.5 Å². The van der Waals surface area contributed by atoms with Crippen molar-refractivity contribution in [2.75, 3.05) is 33.4 Å². The summed E-state index contributed by atoms with van der Waals surface area (Å²) in [6.45, 7) is 6.67. The van der Waals surface area contributed by atoms with E-state index in [-0.39, 0.29) is 0 Å². The Morgan fingerprint density at radius 3 is 2.95 bits per heavy atom. The number of nitrogens with zero attached hydrogens (tertiary/aromatic N) is 3. The van der Waals surface area contributed by atoms with E-state index >= 15 is 0 Å². The molecule has 2 fully saturated rings. The first-order valence-corrected chi connectivity index (χ1v) is 7.82. The number of ether oxygens (including phenoxy) is 2. The monoisotopic (exact) mass is 294 g/mol. The Balaban J connectivity index is 1.49. The van der Waals surface area contributed by atoms with Crippen molar-refractivity contribution in [1.29, 1.82) is 0 Å². The summed E-state index contributed by atoms with van der Waals surface area (Å²) in [5.41, 5.74) is 2.15. The molecule has 0 unspecified atom stereocenters. The first-order chi connectivity index (χ1) is 10.2. The molecular weight excluding hydrogens is 268 g/mol. The fraction of sp³-hybridized carbons (Fsp3) is 0.800. The normalized spacial score (nSPS) is 23.5. The number of rotatable bonds is 6. The molecule has 1 saturated heterocycles. The zero-order chi connectivity index (χ0) is 14.8. The molecule has 2 heterocycles. The van der Waals surface area contributed by atoms with Crippen LogP contribution in [0.3, 0.4) is 0 Å². The van der Waals surface area contributed by atoms with Gasteiger partial charge in [0.2, 0.25) is 5.88 Å². The average molecular weight is 294 g/mol. The van der Waals surface area contributed by atoms with E-state index in [0.29, 0.717) is 6.10 Å². The molecule has 3 rings (SSSR count). The maximum atomic E-state index is 5.86. The Morgan fingerprint density at radius 1 is 1.43 bits per heavy atom. The molecule has 0 aromatic carbocycles. The number of aromatic nitrogens is 2. The Hall–Kier alpha value is -1.11. The third-order valence-electron chi connectivity index (χ3n) is 4.39. The summed E-state index contributed by atoms with van der Waals surface area (Å²) in [4.78, 5) is 2.58. The van der Waals surface area contributed by atoms with Gasteiger partial charge in [-0.05, 0) is 19.8 Å². The van der Waals surface area contributed by atoms with Crippen molar-refractivity contribution < 1.29 is 9.47 Å². The van der Waals surface area contributed by atoms with Gasteiger partial charge < -0.3 is 14.8 Å². The van der Waals surface area contributed by atoms with E-state index in [4.69, 9.17) is 9.47 Å². The molecule has 0 spiro atoms. The second-order valence-electron chi connectivity index (χ2n) is 6.05. The summed E-state index contributed by atoms with van der Waals surface area (Å²) in [6.07, 6.45) is 3.03. The van der Waals surface area contributed by atoms with Crippen molar-refractivity contribution in [3.63, 3.8) is 0 Å². The number of hydrogen-bond donors (Lipinski definition) is 1. The summed E-state index contributed by atoms with van der Waals surface area (Å²) in [5.74, 6) is 0.837. The number of aryl methyl sites for hydroxylation is 2. The van der Waals surface area contributed by atoms with Gasteiger partial charge in [0, 0.05) is 39.3 Å². The highest BCUT2D eigenvalue weighted by Gasteiger charge is 2.32. The number of morpholine rings is 1. The minimum absolute atomic E-state index is 0.294. The average Bonchev–Trinajstić information content (AvgIpc) is 3.27. The molecule has 1 aliphatic heterocycles. The lowest BCUT2D eigenvalue weighted by atomic mass is 10.2. The van der Waals surface area contributed by atoms with E-state index in [1.54, 1.807) is 11.8 Å². The van der Waals surface area contributed by atoms with Crippen LogP contribution in [0.2, 0.25) is 0 Å². The molecule has 1 saturated carbocycles. The fourth-order valence-corrected chi connectivity index (χ4v) is 3.13. The van der Waals surface area contributed by atoms with Gasteiger partial charge in [-0.2, -0.15) is 5.10 Å². The van der Waals surface area contributed by atoms with E-state index in [1.165, 1.54) is 12.8 Å². The van der Waals surface area contributed by atoms with Crippen LogP contribution in [0.4, 0.5) is 0 Å². The molecule has 0 bridgehead atoms. The first-order valence-electron chi connectivity index (χ1n) is 7.82. The molecule has 1 aromatic rings. The van der Waals surface area contributed by atoms with Gasteiger partial charge in [0.15, 0.2) is 0 Å². The second-order valence-corrected chi connectivity index (χ2v) is 6.05. The third-order valence-corrected chi connectivity index (χ3v) is 4.39.